The fourth-order valence-electron chi connectivity index (χ4n) is 2.12. The van der Waals surface area contributed by atoms with E-state index in [-0.39, 0.29) is 0 Å². The third-order valence-electron chi connectivity index (χ3n) is 3.06. The smallest absolute Gasteiger partial charge is 0.492 e. The number of rotatable bonds is 5. The van der Waals surface area contributed by atoms with Crippen LogP contribution in [-0.2, 0) is 0 Å². The van der Waals surface area contributed by atoms with Crippen LogP contribution in [0.1, 0.15) is 12.8 Å². The first-order chi connectivity index (χ1) is 8.27. The van der Waals surface area contributed by atoms with Crippen molar-refractivity contribution >= 4 is 12.6 Å². The molecular weight excluding hydrogens is 217 g/mol. The standard InChI is InChI=1S/C12H18BNO3/c15-13(16)11-5-1-2-6-12(11)17-10-9-14-7-3-4-8-14/h1-2,5-6,15-16H,3-4,7-10H2. The molecule has 0 unspecified atom stereocenters. The maximum Gasteiger partial charge on any atom is 0.492 e. The highest BCUT2D eigenvalue weighted by atomic mass is 16.5. The van der Waals surface area contributed by atoms with E-state index in [0.717, 1.165) is 19.6 Å². The fourth-order valence-corrected chi connectivity index (χ4v) is 2.12. The lowest BCUT2D eigenvalue weighted by Gasteiger charge is -2.16. The van der Waals surface area contributed by atoms with Gasteiger partial charge in [-0.1, -0.05) is 18.2 Å². The van der Waals surface area contributed by atoms with Gasteiger partial charge in [0.05, 0.1) is 0 Å². The van der Waals surface area contributed by atoms with Gasteiger partial charge in [0.2, 0.25) is 0 Å². The minimum absolute atomic E-state index is 0.425. The quantitative estimate of drug-likeness (QED) is 0.696. The van der Waals surface area contributed by atoms with Crippen molar-refractivity contribution in [3.63, 3.8) is 0 Å². The molecule has 1 aliphatic heterocycles. The van der Waals surface area contributed by atoms with E-state index in [1.54, 1.807) is 18.2 Å². The van der Waals surface area contributed by atoms with Crippen molar-refractivity contribution in [2.24, 2.45) is 0 Å². The third kappa shape index (κ3) is 3.46. The zero-order valence-electron chi connectivity index (χ0n) is 9.88. The molecule has 2 rings (SSSR count). The topological polar surface area (TPSA) is 52.9 Å². The van der Waals surface area contributed by atoms with Crippen LogP contribution in [0.15, 0.2) is 24.3 Å². The largest absolute Gasteiger partial charge is 0.493 e. The summed E-state index contributed by atoms with van der Waals surface area (Å²) in [5.41, 5.74) is 0.425. The van der Waals surface area contributed by atoms with Crippen LogP contribution in [0, 0.1) is 0 Å². The molecule has 0 bridgehead atoms. The molecule has 5 heteroatoms. The number of nitrogens with zero attached hydrogens (tertiary/aromatic N) is 1. The highest BCUT2D eigenvalue weighted by Gasteiger charge is 2.17. The van der Waals surface area contributed by atoms with Gasteiger partial charge in [-0.05, 0) is 32.0 Å². The number of para-hydroxylation sites is 1. The molecule has 0 aliphatic carbocycles. The van der Waals surface area contributed by atoms with Gasteiger partial charge in [0.15, 0.2) is 0 Å². The van der Waals surface area contributed by atoms with Crippen molar-refractivity contribution < 1.29 is 14.8 Å². The summed E-state index contributed by atoms with van der Waals surface area (Å²) in [4.78, 5) is 2.36. The number of hydrogen-bond acceptors (Lipinski definition) is 4. The van der Waals surface area contributed by atoms with Crippen LogP contribution in [0.5, 0.6) is 5.75 Å². The van der Waals surface area contributed by atoms with E-state index in [4.69, 9.17) is 4.74 Å². The molecule has 0 amide bonds. The Morgan fingerprint density at radius 2 is 1.88 bits per heavy atom. The summed E-state index contributed by atoms with van der Waals surface area (Å²) >= 11 is 0. The van der Waals surface area contributed by atoms with Gasteiger partial charge in [-0.2, -0.15) is 0 Å². The minimum Gasteiger partial charge on any atom is -0.493 e. The molecule has 1 aromatic carbocycles. The molecule has 17 heavy (non-hydrogen) atoms. The van der Waals surface area contributed by atoms with Crippen LogP contribution in [0.4, 0.5) is 0 Å². The summed E-state index contributed by atoms with van der Waals surface area (Å²) in [6.45, 7) is 3.78. The van der Waals surface area contributed by atoms with E-state index in [9.17, 15) is 10.0 Å². The van der Waals surface area contributed by atoms with Gasteiger partial charge < -0.3 is 14.8 Å². The fraction of sp³-hybridized carbons (Fsp3) is 0.500. The maximum absolute atomic E-state index is 9.18. The van der Waals surface area contributed by atoms with E-state index in [1.807, 2.05) is 6.07 Å². The van der Waals surface area contributed by atoms with Crippen LogP contribution < -0.4 is 10.2 Å². The Hall–Kier alpha value is -1.04. The molecule has 1 aliphatic rings. The highest BCUT2D eigenvalue weighted by molar-refractivity contribution is 6.59. The SMILES string of the molecule is OB(O)c1ccccc1OCCN1CCCC1. The lowest BCUT2D eigenvalue weighted by Crippen LogP contribution is -2.32. The van der Waals surface area contributed by atoms with Gasteiger partial charge in [-0.3, -0.25) is 4.90 Å². The Kier molecular flexibility index (Phi) is 4.42. The number of likely N-dealkylation sites (tertiary alicyclic amines) is 1. The zero-order chi connectivity index (χ0) is 12.1. The first-order valence-electron chi connectivity index (χ1n) is 6.07. The Balaban J connectivity index is 1.85. The van der Waals surface area contributed by atoms with E-state index in [1.165, 1.54) is 12.8 Å². The Morgan fingerprint density at radius 1 is 1.18 bits per heavy atom. The molecule has 4 nitrogen and oxygen atoms in total. The van der Waals surface area contributed by atoms with Gasteiger partial charge in [-0.15, -0.1) is 0 Å². The minimum atomic E-state index is -1.47. The average molecular weight is 235 g/mol. The van der Waals surface area contributed by atoms with E-state index in [0.29, 0.717) is 17.8 Å². The van der Waals surface area contributed by atoms with Crippen molar-refractivity contribution in [2.75, 3.05) is 26.2 Å². The molecule has 2 N–H and O–H groups in total. The second-order valence-electron chi connectivity index (χ2n) is 4.31. The summed E-state index contributed by atoms with van der Waals surface area (Å²) in [7, 11) is -1.47. The lowest BCUT2D eigenvalue weighted by atomic mass is 9.79. The first kappa shape index (κ1) is 12.4. The van der Waals surface area contributed by atoms with E-state index in [2.05, 4.69) is 4.90 Å². The Bertz CT molecular complexity index is 353. The molecule has 92 valence electrons. The summed E-state index contributed by atoms with van der Waals surface area (Å²) in [6.07, 6.45) is 2.54. The molecule has 0 radical (unpaired) electrons. The number of benzene rings is 1. The Morgan fingerprint density at radius 3 is 2.59 bits per heavy atom. The molecule has 1 aromatic rings. The molecule has 1 fully saturated rings. The molecule has 0 atom stereocenters. The lowest BCUT2D eigenvalue weighted by molar-refractivity contribution is 0.238. The van der Waals surface area contributed by atoms with Gasteiger partial charge in [0, 0.05) is 12.0 Å². The van der Waals surface area contributed by atoms with E-state index < -0.39 is 7.12 Å². The number of hydrogen-bond donors (Lipinski definition) is 2. The van der Waals surface area contributed by atoms with Crippen molar-refractivity contribution in [1.29, 1.82) is 0 Å². The molecule has 1 heterocycles. The van der Waals surface area contributed by atoms with E-state index >= 15 is 0 Å². The van der Waals surface area contributed by atoms with Gasteiger partial charge in [-0.25, -0.2) is 0 Å². The summed E-state index contributed by atoms with van der Waals surface area (Å²) < 4.78 is 5.60. The summed E-state index contributed by atoms with van der Waals surface area (Å²) in [5, 5.41) is 18.4. The van der Waals surface area contributed by atoms with Crippen molar-refractivity contribution in [2.45, 2.75) is 12.8 Å². The van der Waals surface area contributed by atoms with Gasteiger partial charge in [0.1, 0.15) is 12.4 Å². The zero-order valence-corrected chi connectivity index (χ0v) is 9.88. The van der Waals surface area contributed by atoms with Crippen LogP contribution in [0.25, 0.3) is 0 Å². The average Bonchev–Trinajstić information content (AvgIpc) is 2.82. The van der Waals surface area contributed by atoms with Crippen LogP contribution >= 0.6 is 0 Å². The van der Waals surface area contributed by atoms with Crippen molar-refractivity contribution in [1.82, 2.24) is 4.90 Å². The second-order valence-corrected chi connectivity index (χ2v) is 4.31. The summed E-state index contributed by atoms with van der Waals surface area (Å²) in [6, 6.07) is 7.02. The van der Waals surface area contributed by atoms with Crippen molar-refractivity contribution in [3.05, 3.63) is 24.3 Å². The van der Waals surface area contributed by atoms with Crippen LogP contribution in [0.2, 0.25) is 0 Å². The van der Waals surface area contributed by atoms with Crippen molar-refractivity contribution in [3.8, 4) is 5.75 Å². The molecule has 0 saturated carbocycles. The molecular formula is C12H18BNO3. The normalized spacial score (nSPS) is 16.1. The summed E-state index contributed by atoms with van der Waals surface area (Å²) in [5.74, 6) is 0.557. The van der Waals surface area contributed by atoms with Crippen LogP contribution in [-0.4, -0.2) is 48.3 Å². The maximum atomic E-state index is 9.18. The predicted octanol–water partition coefficient (Wildman–Crippen LogP) is -0.159. The molecule has 0 spiro atoms. The van der Waals surface area contributed by atoms with Gasteiger partial charge >= 0.3 is 7.12 Å². The highest BCUT2D eigenvalue weighted by Crippen LogP contribution is 2.09. The monoisotopic (exact) mass is 235 g/mol. The first-order valence-corrected chi connectivity index (χ1v) is 6.07. The van der Waals surface area contributed by atoms with Gasteiger partial charge in [0.25, 0.3) is 0 Å². The third-order valence-corrected chi connectivity index (χ3v) is 3.06. The number of ether oxygens (including phenoxy) is 1. The molecule has 0 aromatic heterocycles. The predicted molar refractivity (Wildman–Crippen MR) is 67.4 cm³/mol. The van der Waals surface area contributed by atoms with Crippen LogP contribution in [0.3, 0.4) is 0 Å². The second kappa shape index (κ2) is 6.05. The molecule has 1 saturated heterocycles. The Labute approximate surface area is 102 Å².